The molecule has 9 aromatic rings. The SMILES string of the molecule is CCC/C=C\c1ccc(-c2nc(C3=CCCC=C3)nc(-c3cccc4oc5cc(-c6ccc7c(c6)oc6ccccc67)ccc5c34)n2)c2ccccc12. The average molecular weight is 686 g/mol. The van der Waals surface area contributed by atoms with E-state index in [-0.39, 0.29) is 0 Å². The standard InChI is InChI=1S/C48H35N3O2/c1-2-3-5-13-30-22-26-38(35-17-9-8-16-34(30)35)47-49-46(31-14-6-4-7-15-31)50-48(51-47)40-19-12-21-42-45(40)39-27-24-33(29-44(39)53-42)32-23-25-37-36-18-10-11-20-41(36)52-43(37)28-32/h5-6,8-29H,2-4,7H2,1H3/b13-5-. The fourth-order valence-corrected chi connectivity index (χ4v) is 7.66. The Morgan fingerprint density at radius 2 is 1.25 bits per heavy atom. The van der Waals surface area contributed by atoms with Gasteiger partial charge in [-0.25, -0.2) is 15.0 Å². The number of rotatable bonds is 7. The van der Waals surface area contributed by atoms with Crippen LogP contribution in [0.15, 0.2) is 148 Å². The van der Waals surface area contributed by atoms with E-state index in [1.165, 1.54) is 10.9 Å². The van der Waals surface area contributed by atoms with Crippen molar-refractivity contribution < 1.29 is 8.83 Å². The molecule has 3 heterocycles. The van der Waals surface area contributed by atoms with Crippen LogP contribution >= 0.6 is 0 Å². The fourth-order valence-electron chi connectivity index (χ4n) is 7.66. The van der Waals surface area contributed by atoms with E-state index in [0.717, 1.165) is 103 Å². The summed E-state index contributed by atoms with van der Waals surface area (Å²) >= 11 is 0. The quantitative estimate of drug-likeness (QED) is 0.167. The predicted octanol–water partition coefficient (Wildman–Crippen LogP) is 13.4. The van der Waals surface area contributed by atoms with Gasteiger partial charge in [0.15, 0.2) is 17.5 Å². The van der Waals surface area contributed by atoms with Crippen molar-refractivity contribution in [2.75, 3.05) is 0 Å². The molecule has 5 nitrogen and oxygen atoms in total. The molecule has 1 aliphatic carbocycles. The summed E-state index contributed by atoms with van der Waals surface area (Å²) in [5.41, 5.74) is 9.58. The third-order valence-corrected chi connectivity index (χ3v) is 10.3. The normalized spacial score (nSPS) is 13.3. The minimum absolute atomic E-state index is 0.619. The highest BCUT2D eigenvalue weighted by atomic mass is 16.3. The molecule has 0 atom stereocenters. The molecule has 0 fully saturated rings. The van der Waals surface area contributed by atoms with Gasteiger partial charge in [-0.2, -0.15) is 0 Å². The summed E-state index contributed by atoms with van der Waals surface area (Å²) in [7, 11) is 0. The third-order valence-electron chi connectivity index (χ3n) is 10.3. The molecule has 0 amide bonds. The van der Waals surface area contributed by atoms with Crippen LogP contribution in [0.5, 0.6) is 0 Å². The van der Waals surface area contributed by atoms with Crippen molar-refractivity contribution in [3.8, 4) is 33.9 Å². The van der Waals surface area contributed by atoms with Crippen LogP contribution < -0.4 is 0 Å². The summed E-state index contributed by atoms with van der Waals surface area (Å²) in [6, 6.07) is 40.0. The van der Waals surface area contributed by atoms with Crippen LogP contribution in [-0.4, -0.2) is 15.0 Å². The van der Waals surface area contributed by atoms with Crippen LogP contribution in [0.25, 0.3) is 100 Å². The first-order valence-corrected chi connectivity index (χ1v) is 18.4. The number of nitrogens with zero attached hydrogens (tertiary/aromatic N) is 3. The molecule has 254 valence electrons. The number of hydrogen-bond acceptors (Lipinski definition) is 5. The van der Waals surface area contributed by atoms with E-state index < -0.39 is 0 Å². The molecule has 0 spiro atoms. The Bertz CT molecular complexity index is 2980. The van der Waals surface area contributed by atoms with Gasteiger partial charge >= 0.3 is 0 Å². The maximum Gasteiger partial charge on any atom is 0.164 e. The van der Waals surface area contributed by atoms with E-state index in [2.05, 4.69) is 122 Å². The van der Waals surface area contributed by atoms with Crippen molar-refractivity contribution >= 4 is 66.3 Å². The minimum atomic E-state index is 0.619. The summed E-state index contributed by atoms with van der Waals surface area (Å²) in [4.78, 5) is 15.5. The molecule has 0 saturated heterocycles. The number of hydrogen-bond donors (Lipinski definition) is 0. The van der Waals surface area contributed by atoms with Crippen molar-refractivity contribution in [3.63, 3.8) is 0 Å². The van der Waals surface area contributed by atoms with Crippen molar-refractivity contribution in [2.24, 2.45) is 0 Å². The van der Waals surface area contributed by atoms with E-state index >= 15 is 0 Å². The van der Waals surface area contributed by atoms with Gasteiger partial charge < -0.3 is 8.83 Å². The highest BCUT2D eigenvalue weighted by molar-refractivity contribution is 6.13. The van der Waals surface area contributed by atoms with Gasteiger partial charge in [0.1, 0.15) is 22.3 Å². The molecular weight excluding hydrogens is 651 g/mol. The van der Waals surface area contributed by atoms with Crippen molar-refractivity contribution in [1.82, 2.24) is 15.0 Å². The first kappa shape index (κ1) is 31.2. The van der Waals surface area contributed by atoms with Crippen molar-refractivity contribution in [3.05, 3.63) is 151 Å². The Balaban J connectivity index is 1.12. The van der Waals surface area contributed by atoms with Crippen LogP contribution in [0.3, 0.4) is 0 Å². The Kier molecular flexibility index (Phi) is 7.57. The zero-order valence-electron chi connectivity index (χ0n) is 29.3. The summed E-state index contributed by atoms with van der Waals surface area (Å²) in [5.74, 6) is 1.94. The number of fused-ring (bicyclic) bond motifs is 7. The molecule has 6 aromatic carbocycles. The number of furan rings is 2. The second-order valence-electron chi connectivity index (χ2n) is 13.7. The molecule has 0 N–H and O–H groups in total. The van der Waals surface area contributed by atoms with E-state index in [9.17, 15) is 0 Å². The first-order chi connectivity index (χ1) is 26.2. The largest absolute Gasteiger partial charge is 0.456 e. The molecule has 53 heavy (non-hydrogen) atoms. The van der Waals surface area contributed by atoms with Gasteiger partial charge in [0, 0.05) is 38.2 Å². The lowest BCUT2D eigenvalue weighted by atomic mass is 9.98. The number of aromatic nitrogens is 3. The van der Waals surface area contributed by atoms with E-state index in [4.69, 9.17) is 23.8 Å². The average Bonchev–Trinajstić information content (AvgIpc) is 3.79. The maximum atomic E-state index is 6.56. The van der Waals surface area contributed by atoms with Gasteiger partial charge in [0.05, 0.1) is 0 Å². The molecule has 5 heteroatoms. The summed E-state index contributed by atoms with van der Waals surface area (Å²) in [6.07, 6.45) is 15.2. The Hall–Kier alpha value is -6.59. The van der Waals surface area contributed by atoms with Crippen LogP contribution in [-0.2, 0) is 0 Å². The summed E-state index contributed by atoms with van der Waals surface area (Å²) in [5, 5.41) is 6.53. The molecule has 0 bridgehead atoms. The van der Waals surface area contributed by atoms with Gasteiger partial charge in [0.2, 0.25) is 0 Å². The fraction of sp³-hybridized carbons (Fsp3) is 0.104. The van der Waals surface area contributed by atoms with Crippen LogP contribution in [0.1, 0.15) is 44.0 Å². The molecule has 1 aliphatic rings. The highest BCUT2D eigenvalue weighted by Crippen LogP contribution is 2.40. The zero-order chi connectivity index (χ0) is 35.3. The molecule has 10 rings (SSSR count). The summed E-state index contributed by atoms with van der Waals surface area (Å²) < 4.78 is 12.8. The number of benzene rings is 6. The molecule has 0 unspecified atom stereocenters. The van der Waals surface area contributed by atoms with E-state index in [1.54, 1.807) is 0 Å². The second-order valence-corrected chi connectivity index (χ2v) is 13.7. The third kappa shape index (κ3) is 5.44. The van der Waals surface area contributed by atoms with Crippen LogP contribution in [0.2, 0.25) is 0 Å². The topological polar surface area (TPSA) is 65.0 Å². The first-order valence-electron chi connectivity index (χ1n) is 18.4. The second kappa shape index (κ2) is 12.9. The smallest absolute Gasteiger partial charge is 0.164 e. The number of unbranched alkanes of at least 4 members (excludes halogenated alkanes) is 1. The Morgan fingerprint density at radius 1 is 0.566 bits per heavy atom. The molecule has 0 aliphatic heterocycles. The van der Waals surface area contributed by atoms with Crippen molar-refractivity contribution in [2.45, 2.75) is 32.6 Å². The van der Waals surface area contributed by atoms with Gasteiger partial charge in [-0.15, -0.1) is 0 Å². The van der Waals surface area contributed by atoms with Gasteiger partial charge in [0.25, 0.3) is 0 Å². The van der Waals surface area contributed by atoms with Gasteiger partial charge in [-0.1, -0.05) is 117 Å². The molecule has 3 aromatic heterocycles. The number of para-hydroxylation sites is 1. The highest BCUT2D eigenvalue weighted by Gasteiger charge is 2.20. The van der Waals surface area contributed by atoms with Crippen LogP contribution in [0.4, 0.5) is 0 Å². The van der Waals surface area contributed by atoms with E-state index in [0.29, 0.717) is 17.5 Å². The maximum absolute atomic E-state index is 6.56. The van der Waals surface area contributed by atoms with Gasteiger partial charge in [-0.05, 0) is 89.2 Å². The lowest BCUT2D eigenvalue weighted by Crippen LogP contribution is -2.03. The van der Waals surface area contributed by atoms with E-state index in [1.807, 2.05) is 30.3 Å². The van der Waals surface area contributed by atoms with Gasteiger partial charge in [-0.3, -0.25) is 0 Å². The Labute approximate surface area is 306 Å². The van der Waals surface area contributed by atoms with Crippen LogP contribution in [0, 0.1) is 0 Å². The zero-order valence-corrected chi connectivity index (χ0v) is 29.3. The summed E-state index contributed by atoms with van der Waals surface area (Å²) in [6.45, 7) is 2.20. The predicted molar refractivity (Wildman–Crippen MR) is 218 cm³/mol. The molecular formula is C48H35N3O2. The lowest BCUT2D eigenvalue weighted by Gasteiger charge is -2.13. The number of allylic oxidation sites excluding steroid dienone is 5. The molecule has 0 saturated carbocycles. The Morgan fingerprint density at radius 3 is 2.06 bits per heavy atom. The lowest BCUT2D eigenvalue weighted by molar-refractivity contribution is 0.668. The molecule has 0 radical (unpaired) electrons. The minimum Gasteiger partial charge on any atom is -0.456 e. The van der Waals surface area contributed by atoms with Crippen molar-refractivity contribution in [1.29, 1.82) is 0 Å². The monoisotopic (exact) mass is 685 g/mol.